The number of halogens is 1. The average molecular weight is 454 g/mol. The number of benzene rings is 3. The maximum atomic E-state index is 12.8. The maximum absolute atomic E-state index is 12.8. The normalized spacial score (nSPS) is 11.6. The molecule has 0 saturated heterocycles. The molecule has 0 aromatic heterocycles. The van der Waals surface area contributed by atoms with Crippen LogP contribution in [0.1, 0.15) is 16.7 Å². The van der Waals surface area contributed by atoms with Crippen LogP contribution < -0.4 is 9.47 Å². The number of ether oxygens (including phenoxy) is 2. The molecule has 0 aliphatic rings. The van der Waals surface area contributed by atoms with Crippen LogP contribution in [0.4, 0.5) is 0 Å². The van der Waals surface area contributed by atoms with Crippen LogP contribution >= 0.6 is 11.6 Å². The van der Waals surface area contributed by atoms with Crippen LogP contribution in [-0.4, -0.2) is 15.5 Å². The summed E-state index contributed by atoms with van der Waals surface area (Å²) >= 11 is 5.83. The van der Waals surface area contributed by atoms with Crippen molar-refractivity contribution < 1.29 is 17.9 Å². The first-order chi connectivity index (χ1) is 14.8. The molecular formula is C24H20ClNO4S. The fourth-order valence-electron chi connectivity index (χ4n) is 2.88. The Morgan fingerprint density at radius 1 is 1.06 bits per heavy atom. The summed E-state index contributed by atoms with van der Waals surface area (Å²) in [5, 5.41) is 9.89. The van der Waals surface area contributed by atoms with Gasteiger partial charge in [0.25, 0.3) is 0 Å². The minimum atomic E-state index is -3.98. The van der Waals surface area contributed by atoms with Crippen molar-refractivity contribution in [3.05, 3.63) is 93.3 Å². The first-order valence-corrected chi connectivity index (χ1v) is 11.2. The van der Waals surface area contributed by atoms with Gasteiger partial charge in [0, 0.05) is 5.02 Å². The molecule has 0 atom stereocenters. The van der Waals surface area contributed by atoms with Gasteiger partial charge in [0.2, 0.25) is 9.84 Å². The van der Waals surface area contributed by atoms with Gasteiger partial charge in [0.05, 0.1) is 12.0 Å². The number of sulfone groups is 1. The summed E-state index contributed by atoms with van der Waals surface area (Å²) in [5.74, 6) is 0.950. The second-order valence-corrected chi connectivity index (χ2v) is 9.06. The molecule has 0 amide bonds. The van der Waals surface area contributed by atoms with Gasteiger partial charge < -0.3 is 9.47 Å². The lowest BCUT2D eigenvalue weighted by Crippen LogP contribution is -2.03. The largest absolute Gasteiger partial charge is 0.493 e. The Bertz CT molecular complexity index is 1260. The highest BCUT2D eigenvalue weighted by atomic mass is 35.5. The van der Waals surface area contributed by atoms with Crippen molar-refractivity contribution in [3.8, 4) is 17.6 Å². The molecule has 3 aromatic rings. The topological polar surface area (TPSA) is 76.4 Å². The van der Waals surface area contributed by atoms with Crippen molar-refractivity contribution in [2.45, 2.75) is 18.4 Å². The summed E-state index contributed by atoms with van der Waals surface area (Å²) in [6.45, 7) is 2.38. The number of hydrogen-bond acceptors (Lipinski definition) is 5. The van der Waals surface area contributed by atoms with Crippen molar-refractivity contribution in [1.82, 2.24) is 0 Å². The lowest BCUT2D eigenvalue weighted by atomic mass is 10.1. The number of nitriles is 1. The Hall–Kier alpha value is -3.27. The first-order valence-electron chi connectivity index (χ1n) is 9.33. The molecule has 0 heterocycles. The lowest BCUT2D eigenvalue weighted by Gasteiger charge is -2.13. The maximum Gasteiger partial charge on any atom is 0.216 e. The zero-order valence-electron chi connectivity index (χ0n) is 17.0. The Kier molecular flexibility index (Phi) is 7.01. The molecule has 158 valence electrons. The van der Waals surface area contributed by atoms with E-state index in [1.807, 2.05) is 31.2 Å². The highest BCUT2D eigenvalue weighted by Crippen LogP contribution is 2.31. The van der Waals surface area contributed by atoms with Crippen LogP contribution in [0.25, 0.3) is 6.08 Å². The molecule has 3 aromatic carbocycles. The molecule has 0 aliphatic heterocycles. The lowest BCUT2D eigenvalue weighted by molar-refractivity contribution is 0.284. The SMILES string of the molecule is COc1cc(/C=C(\C#N)S(=O)(=O)c2ccc(Cl)cc2)ccc1OCc1ccccc1C. The molecule has 0 N–H and O–H groups in total. The van der Waals surface area contributed by atoms with E-state index in [0.29, 0.717) is 28.7 Å². The van der Waals surface area contributed by atoms with Gasteiger partial charge in [0.15, 0.2) is 11.5 Å². The minimum absolute atomic E-state index is 0.00477. The molecule has 0 bridgehead atoms. The van der Waals surface area contributed by atoms with E-state index in [-0.39, 0.29) is 9.80 Å². The number of hydrogen-bond donors (Lipinski definition) is 0. The van der Waals surface area contributed by atoms with Crippen LogP contribution in [0.2, 0.25) is 5.02 Å². The second-order valence-electron chi connectivity index (χ2n) is 6.70. The van der Waals surface area contributed by atoms with Crippen LogP contribution in [0.5, 0.6) is 11.5 Å². The molecule has 0 aliphatic carbocycles. The van der Waals surface area contributed by atoms with E-state index < -0.39 is 9.84 Å². The molecule has 0 spiro atoms. The Labute approximate surface area is 187 Å². The summed E-state index contributed by atoms with van der Waals surface area (Å²) in [4.78, 5) is -0.389. The summed E-state index contributed by atoms with van der Waals surface area (Å²) in [6.07, 6.45) is 1.30. The predicted molar refractivity (Wildman–Crippen MR) is 121 cm³/mol. The molecular weight excluding hydrogens is 434 g/mol. The quantitative estimate of drug-likeness (QED) is 0.437. The van der Waals surface area contributed by atoms with Gasteiger partial charge in [-0.1, -0.05) is 41.9 Å². The smallest absolute Gasteiger partial charge is 0.216 e. The van der Waals surface area contributed by atoms with Crippen molar-refractivity contribution in [1.29, 1.82) is 5.26 Å². The van der Waals surface area contributed by atoms with Crippen molar-refractivity contribution >= 4 is 27.5 Å². The number of rotatable bonds is 7. The van der Waals surface area contributed by atoms with E-state index in [0.717, 1.165) is 11.1 Å². The van der Waals surface area contributed by atoms with Crippen molar-refractivity contribution in [2.75, 3.05) is 7.11 Å². The monoisotopic (exact) mass is 453 g/mol. The third-order valence-corrected chi connectivity index (χ3v) is 6.59. The van der Waals surface area contributed by atoms with Crippen molar-refractivity contribution in [2.24, 2.45) is 0 Å². The van der Waals surface area contributed by atoms with E-state index in [1.54, 1.807) is 24.3 Å². The van der Waals surface area contributed by atoms with E-state index in [1.165, 1.54) is 37.5 Å². The first kappa shape index (κ1) is 22.4. The molecule has 0 saturated carbocycles. The van der Waals surface area contributed by atoms with Crippen LogP contribution in [0.15, 0.2) is 76.5 Å². The Morgan fingerprint density at radius 2 is 1.77 bits per heavy atom. The van der Waals surface area contributed by atoms with Gasteiger partial charge in [-0.05, 0) is 66.1 Å². The standard InChI is InChI=1S/C24H20ClNO4S/c1-17-5-3-4-6-19(17)16-30-23-12-7-18(14-24(23)29-2)13-22(15-26)31(27,28)21-10-8-20(25)9-11-21/h3-14H,16H2,1-2H3/b22-13+. The third kappa shape index (κ3) is 5.26. The van der Waals surface area contributed by atoms with E-state index >= 15 is 0 Å². The molecule has 0 radical (unpaired) electrons. The second kappa shape index (κ2) is 9.69. The number of methoxy groups -OCH3 is 1. The summed E-state index contributed by atoms with van der Waals surface area (Å²) in [7, 11) is -2.48. The summed E-state index contributed by atoms with van der Waals surface area (Å²) in [6, 6.07) is 20.3. The van der Waals surface area contributed by atoms with E-state index in [2.05, 4.69) is 0 Å². The Balaban J connectivity index is 1.88. The fraction of sp³-hybridized carbons (Fsp3) is 0.125. The zero-order chi connectivity index (χ0) is 22.4. The summed E-state index contributed by atoms with van der Waals surface area (Å²) < 4.78 is 36.9. The highest BCUT2D eigenvalue weighted by molar-refractivity contribution is 7.95. The van der Waals surface area contributed by atoms with Gasteiger partial charge in [-0.25, -0.2) is 8.42 Å². The average Bonchev–Trinajstić information content (AvgIpc) is 2.77. The molecule has 3 rings (SSSR count). The number of aryl methyl sites for hydroxylation is 1. The van der Waals surface area contributed by atoms with Gasteiger partial charge in [0.1, 0.15) is 17.6 Å². The highest BCUT2D eigenvalue weighted by Gasteiger charge is 2.21. The Morgan fingerprint density at radius 3 is 2.42 bits per heavy atom. The number of nitrogens with zero attached hydrogens (tertiary/aromatic N) is 1. The number of allylic oxidation sites excluding steroid dienone is 1. The van der Waals surface area contributed by atoms with Crippen LogP contribution in [0.3, 0.4) is 0 Å². The molecule has 31 heavy (non-hydrogen) atoms. The minimum Gasteiger partial charge on any atom is -0.493 e. The van der Waals surface area contributed by atoms with E-state index in [4.69, 9.17) is 21.1 Å². The predicted octanol–water partition coefficient (Wildman–Crippen LogP) is 5.57. The molecule has 7 heteroatoms. The molecule has 0 fully saturated rings. The summed E-state index contributed by atoms with van der Waals surface area (Å²) in [5.41, 5.74) is 2.66. The van der Waals surface area contributed by atoms with Gasteiger partial charge in [-0.15, -0.1) is 0 Å². The van der Waals surface area contributed by atoms with Crippen molar-refractivity contribution in [3.63, 3.8) is 0 Å². The molecule has 5 nitrogen and oxygen atoms in total. The van der Waals surface area contributed by atoms with E-state index in [9.17, 15) is 13.7 Å². The van der Waals surface area contributed by atoms with Crippen LogP contribution in [-0.2, 0) is 16.4 Å². The third-order valence-electron chi connectivity index (χ3n) is 4.65. The fourth-order valence-corrected chi connectivity index (χ4v) is 4.17. The molecule has 0 unspecified atom stereocenters. The zero-order valence-corrected chi connectivity index (χ0v) is 18.6. The van der Waals surface area contributed by atoms with Gasteiger partial charge >= 0.3 is 0 Å². The van der Waals surface area contributed by atoms with Gasteiger partial charge in [-0.3, -0.25) is 0 Å². The van der Waals surface area contributed by atoms with Crippen LogP contribution in [0, 0.1) is 18.3 Å². The van der Waals surface area contributed by atoms with Gasteiger partial charge in [-0.2, -0.15) is 5.26 Å².